The van der Waals surface area contributed by atoms with Crippen molar-refractivity contribution in [2.45, 2.75) is 24.4 Å². The summed E-state index contributed by atoms with van der Waals surface area (Å²) in [4.78, 5) is 7.77. The van der Waals surface area contributed by atoms with E-state index in [1.807, 2.05) is 60.7 Å². The fourth-order valence-electron chi connectivity index (χ4n) is 4.97. The van der Waals surface area contributed by atoms with Crippen molar-refractivity contribution in [3.8, 4) is 39.7 Å². The lowest BCUT2D eigenvalue weighted by molar-refractivity contribution is 0.00706. The van der Waals surface area contributed by atoms with Crippen LogP contribution in [0.15, 0.2) is 65.1 Å². The zero-order chi connectivity index (χ0) is 25.8. The summed E-state index contributed by atoms with van der Waals surface area (Å²) in [6.07, 6.45) is -1.66. The number of rotatable bonds is 5. The number of aliphatic hydroxyl groups excluding tert-OH is 1. The van der Waals surface area contributed by atoms with Gasteiger partial charge in [-0.3, -0.25) is 0 Å². The van der Waals surface area contributed by atoms with Gasteiger partial charge in [-0.25, -0.2) is 0 Å². The van der Waals surface area contributed by atoms with E-state index in [9.17, 15) is 5.11 Å². The highest BCUT2D eigenvalue weighted by Crippen LogP contribution is 2.35. The molecule has 0 saturated carbocycles. The number of anilines is 1. The van der Waals surface area contributed by atoms with E-state index in [1.165, 1.54) is 0 Å². The lowest BCUT2D eigenvalue weighted by Crippen LogP contribution is -2.34. The molecule has 0 amide bonds. The molecule has 192 valence electrons. The first-order valence-electron chi connectivity index (χ1n) is 12.1. The van der Waals surface area contributed by atoms with Crippen molar-refractivity contribution >= 4 is 28.6 Å². The Labute approximate surface area is 221 Å². The van der Waals surface area contributed by atoms with Gasteiger partial charge >= 0.3 is 6.01 Å². The maximum absolute atomic E-state index is 9.95. The quantitative estimate of drug-likeness (QED) is 0.305. The molecule has 2 saturated heterocycles. The van der Waals surface area contributed by atoms with E-state index >= 15 is 0 Å². The second-order valence-electron chi connectivity index (χ2n) is 9.31. The Morgan fingerprint density at radius 2 is 1.58 bits per heavy atom. The summed E-state index contributed by atoms with van der Waals surface area (Å²) in [5.74, 6) is 0.382. The number of fused-ring (bicyclic) bond motifs is 2. The van der Waals surface area contributed by atoms with Gasteiger partial charge in [-0.1, -0.05) is 53.1 Å². The first-order valence-corrected chi connectivity index (χ1v) is 12.5. The highest BCUT2D eigenvalue weighted by Gasteiger charge is 2.48. The number of halogens is 1. The van der Waals surface area contributed by atoms with Crippen LogP contribution in [0.1, 0.15) is 0 Å². The summed E-state index contributed by atoms with van der Waals surface area (Å²) in [5.41, 5.74) is 11.7. The molecular formula is C27H22ClN5O5. The number of aliphatic hydroxyl groups is 1. The molecule has 2 aromatic heterocycles. The first-order chi connectivity index (χ1) is 18.5. The summed E-state index contributed by atoms with van der Waals surface area (Å²) < 4.78 is 22.6. The highest BCUT2D eigenvalue weighted by atomic mass is 35.5. The molecule has 0 spiro atoms. The van der Waals surface area contributed by atoms with Crippen molar-refractivity contribution in [3.05, 3.63) is 65.7 Å². The highest BCUT2D eigenvalue weighted by molar-refractivity contribution is 6.34. The van der Waals surface area contributed by atoms with Crippen molar-refractivity contribution in [1.82, 2.24) is 20.2 Å². The van der Waals surface area contributed by atoms with Crippen LogP contribution in [0, 0.1) is 0 Å². The molecular weight excluding hydrogens is 510 g/mol. The Morgan fingerprint density at radius 3 is 2.29 bits per heavy atom. The largest absolute Gasteiger partial charge is 0.456 e. The number of benzene rings is 3. The molecule has 0 aliphatic carbocycles. The molecule has 2 aliphatic rings. The number of imidazole rings is 1. The van der Waals surface area contributed by atoms with E-state index < -0.39 is 6.10 Å². The molecule has 2 aliphatic heterocycles. The van der Waals surface area contributed by atoms with Crippen molar-refractivity contribution < 1.29 is 23.7 Å². The summed E-state index contributed by atoms with van der Waals surface area (Å²) in [7, 11) is 0. The normalized spacial score (nSPS) is 22.7. The van der Waals surface area contributed by atoms with E-state index in [0.29, 0.717) is 23.5 Å². The predicted molar refractivity (Wildman–Crippen MR) is 140 cm³/mol. The summed E-state index contributed by atoms with van der Waals surface area (Å²) in [6, 6.07) is 20.1. The van der Waals surface area contributed by atoms with Crippen molar-refractivity contribution in [1.29, 1.82) is 0 Å². The Morgan fingerprint density at radius 1 is 0.895 bits per heavy atom. The van der Waals surface area contributed by atoms with Gasteiger partial charge < -0.3 is 34.5 Å². The number of H-pyrrole nitrogens is 1. The molecule has 0 bridgehead atoms. The van der Waals surface area contributed by atoms with E-state index in [4.69, 9.17) is 36.0 Å². The number of ether oxygens (including phenoxy) is 3. The minimum atomic E-state index is -0.632. The molecule has 10 nitrogen and oxygen atoms in total. The smallest absolute Gasteiger partial charge is 0.313 e. The zero-order valence-electron chi connectivity index (χ0n) is 19.9. The lowest BCUT2D eigenvalue weighted by Gasteiger charge is -2.15. The average Bonchev–Trinajstić information content (AvgIpc) is 3.71. The van der Waals surface area contributed by atoms with Crippen molar-refractivity contribution in [3.63, 3.8) is 0 Å². The molecule has 4 heterocycles. The van der Waals surface area contributed by atoms with Crippen molar-refractivity contribution in [2.75, 3.05) is 18.9 Å². The summed E-state index contributed by atoms with van der Waals surface area (Å²) in [6.45, 7) is 0.574. The number of aromatic nitrogens is 4. The molecule has 0 unspecified atom stereocenters. The van der Waals surface area contributed by atoms with E-state index in [-0.39, 0.29) is 30.9 Å². The van der Waals surface area contributed by atoms with Gasteiger partial charge in [0.05, 0.1) is 29.3 Å². The van der Waals surface area contributed by atoms with E-state index in [2.05, 4.69) is 20.2 Å². The van der Waals surface area contributed by atoms with Gasteiger partial charge in [0.25, 0.3) is 6.01 Å². The SMILES string of the molecule is Nc1nnc(-c2ccc(-c3ccc(-c4cc5nc(O[C@@H]6CO[C@H]7[C@@H]6OC[C@H]7O)[nH]c5cc4Cl)cc3)cc2)o1. The number of aromatic amines is 1. The molecule has 38 heavy (non-hydrogen) atoms. The molecule has 7 rings (SSSR count). The zero-order valence-corrected chi connectivity index (χ0v) is 20.6. The van der Waals surface area contributed by atoms with Crippen LogP contribution in [0.5, 0.6) is 6.01 Å². The van der Waals surface area contributed by atoms with Gasteiger partial charge in [-0.05, 0) is 41.0 Å². The number of nitrogens with two attached hydrogens (primary N) is 1. The summed E-state index contributed by atoms with van der Waals surface area (Å²) >= 11 is 6.66. The van der Waals surface area contributed by atoms with Crippen LogP contribution in [-0.4, -0.2) is 62.9 Å². The maximum Gasteiger partial charge on any atom is 0.313 e. The second-order valence-corrected chi connectivity index (χ2v) is 9.72. The molecule has 3 aromatic carbocycles. The minimum Gasteiger partial charge on any atom is -0.456 e. The standard InChI is InChI=1S/C27H22ClN5O5/c28-18-10-20-19(30-27(31-20)37-22-12-36-23-21(34)11-35-24(22)23)9-17(18)15-5-1-13(2-6-15)14-3-7-16(8-4-14)25-32-33-26(29)38-25/h1-10,21-24,34H,11-12H2,(H2,29,33)(H,30,31)/t21-,22-,23-,24-/m1/s1. The number of nitrogen functional groups attached to an aromatic ring is 1. The van der Waals surface area contributed by atoms with Gasteiger partial charge in [0, 0.05) is 11.1 Å². The van der Waals surface area contributed by atoms with E-state index in [1.54, 1.807) is 0 Å². The first kappa shape index (κ1) is 23.2. The lowest BCUT2D eigenvalue weighted by atomic mass is 9.99. The summed E-state index contributed by atoms with van der Waals surface area (Å²) in [5, 5.41) is 18.2. The second kappa shape index (κ2) is 9.10. The number of nitrogens with zero attached hydrogens (tertiary/aromatic N) is 3. The van der Waals surface area contributed by atoms with Crippen LogP contribution in [0.4, 0.5) is 6.01 Å². The van der Waals surface area contributed by atoms with Gasteiger partial charge in [0.15, 0.2) is 6.10 Å². The predicted octanol–water partition coefficient (Wildman–Crippen LogP) is 4.09. The third kappa shape index (κ3) is 4.07. The fraction of sp³-hybridized carbons (Fsp3) is 0.222. The number of hydrogen-bond donors (Lipinski definition) is 3. The Kier molecular flexibility index (Phi) is 5.55. The third-order valence-electron chi connectivity index (χ3n) is 6.90. The van der Waals surface area contributed by atoms with Crippen LogP contribution >= 0.6 is 11.6 Å². The molecule has 2 fully saturated rings. The van der Waals surface area contributed by atoms with E-state index in [0.717, 1.165) is 38.9 Å². The molecule has 11 heteroatoms. The molecule has 4 atom stereocenters. The Balaban J connectivity index is 1.11. The fourth-order valence-corrected chi connectivity index (χ4v) is 5.24. The van der Waals surface area contributed by atoms with Crippen LogP contribution in [-0.2, 0) is 9.47 Å². The topological polar surface area (TPSA) is 142 Å². The van der Waals surface area contributed by atoms with Crippen LogP contribution < -0.4 is 10.5 Å². The number of hydrogen-bond acceptors (Lipinski definition) is 9. The average molecular weight is 532 g/mol. The molecule has 5 aromatic rings. The van der Waals surface area contributed by atoms with Crippen molar-refractivity contribution in [2.24, 2.45) is 0 Å². The van der Waals surface area contributed by atoms with Gasteiger partial charge in [-0.2, -0.15) is 4.98 Å². The van der Waals surface area contributed by atoms with Gasteiger partial charge in [-0.15, -0.1) is 5.10 Å². The molecule has 4 N–H and O–H groups in total. The van der Waals surface area contributed by atoms with Crippen LogP contribution in [0.25, 0.3) is 44.7 Å². The van der Waals surface area contributed by atoms with Crippen LogP contribution in [0.3, 0.4) is 0 Å². The van der Waals surface area contributed by atoms with Gasteiger partial charge in [0.1, 0.15) is 18.3 Å². The monoisotopic (exact) mass is 531 g/mol. The number of nitrogens with one attached hydrogen (secondary N) is 1. The Bertz CT molecular complexity index is 1620. The minimum absolute atomic E-state index is 0.0380. The Hall–Kier alpha value is -3.96. The molecule has 0 radical (unpaired) electrons. The van der Waals surface area contributed by atoms with Gasteiger partial charge in [0.2, 0.25) is 5.89 Å². The third-order valence-corrected chi connectivity index (χ3v) is 7.21. The van der Waals surface area contributed by atoms with Crippen LogP contribution in [0.2, 0.25) is 5.02 Å². The maximum atomic E-state index is 9.95.